The highest BCUT2D eigenvalue weighted by Gasteiger charge is 1.88. The molecule has 2 heteroatoms. The lowest BCUT2D eigenvalue weighted by Crippen LogP contribution is -1.73. The largest absolute Gasteiger partial charge is 0.472 e. The van der Waals surface area contributed by atoms with Crippen molar-refractivity contribution >= 4 is 22.6 Å². The second-order valence-electron chi connectivity index (χ2n) is 2.59. The van der Waals surface area contributed by atoms with E-state index in [2.05, 4.69) is 45.7 Å². The third kappa shape index (κ3) is 3.26. The summed E-state index contributed by atoms with van der Waals surface area (Å²) in [7, 11) is 0. The van der Waals surface area contributed by atoms with Crippen LogP contribution in [0.2, 0.25) is 0 Å². The quantitative estimate of drug-likeness (QED) is 0.604. The molecule has 0 saturated carbocycles. The second-order valence-corrected chi connectivity index (χ2v) is 3.21. The first-order valence-electron chi connectivity index (χ1n) is 3.77. The molecule has 0 aliphatic carbocycles. The predicted octanol–water partition coefficient (Wildman–Crippen LogP) is 3.72. The van der Waals surface area contributed by atoms with Gasteiger partial charge >= 0.3 is 0 Å². The van der Waals surface area contributed by atoms with Crippen LogP contribution in [0.3, 0.4) is 0 Å². The third-order valence-corrected chi connectivity index (χ3v) is 2.47. The van der Waals surface area contributed by atoms with Crippen LogP contribution in [0.15, 0.2) is 44.8 Å². The van der Waals surface area contributed by atoms with Gasteiger partial charge in [-0.1, -0.05) is 34.7 Å². The number of hydrogen-bond acceptors (Lipinski definition) is 1. The van der Waals surface area contributed by atoms with Crippen LogP contribution in [0.4, 0.5) is 0 Å². The van der Waals surface area contributed by atoms with E-state index in [1.54, 1.807) is 12.5 Å². The van der Waals surface area contributed by atoms with Crippen LogP contribution in [0.1, 0.15) is 12.5 Å². The molecule has 1 nitrogen and oxygen atoms in total. The zero-order valence-corrected chi connectivity index (χ0v) is 9.11. The Bertz CT molecular complexity index is 270. The Balaban J connectivity index is 2.41. The van der Waals surface area contributed by atoms with Crippen LogP contribution in [0.25, 0.3) is 0 Å². The van der Waals surface area contributed by atoms with Gasteiger partial charge in [0.15, 0.2) is 0 Å². The predicted molar refractivity (Wildman–Crippen MR) is 59.3 cm³/mol. The van der Waals surface area contributed by atoms with Crippen LogP contribution >= 0.6 is 22.6 Å². The summed E-state index contributed by atoms with van der Waals surface area (Å²) in [6.45, 7) is 2.08. The SMILES string of the molecule is CC(/C=C\Cc1ccoc1)=C\I. The normalized spacial score (nSPS) is 12.7. The van der Waals surface area contributed by atoms with Crippen molar-refractivity contribution in [1.82, 2.24) is 0 Å². The van der Waals surface area contributed by atoms with Crippen molar-refractivity contribution in [3.05, 3.63) is 46.0 Å². The topological polar surface area (TPSA) is 13.1 Å². The maximum atomic E-state index is 4.95. The molecule has 0 saturated heterocycles. The van der Waals surface area contributed by atoms with E-state index in [1.807, 2.05) is 6.07 Å². The molecule has 1 heterocycles. The summed E-state index contributed by atoms with van der Waals surface area (Å²) in [6.07, 6.45) is 8.66. The fraction of sp³-hybridized carbons (Fsp3) is 0.200. The van der Waals surface area contributed by atoms with Crippen molar-refractivity contribution in [3.63, 3.8) is 0 Å². The molecule has 0 unspecified atom stereocenters. The maximum Gasteiger partial charge on any atom is 0.0937 e. The molecule has 64 valence electrons. The monoisotopic (exact) mass is 274 g/mol. The Morgan fingerprint density at radius 2 is 2.50 bits per heavy atom. The first kappa shape index (κ1) is 9.58. The molecule has 12 heavy (non-hydrogen) atoms. The molecule has 1 aromatic rings. The van der Waals surface area contributed by atoms with E-state index in [-0.39, 0.29) is 0 Å². The average molecular weight is 274 g/mol. The molecule has 0 spiro atoms. The Kier molecular flexibility index (Phi) is 4.14. The van der Waals surface area contributed by atoms with E-state index in [4.69, 9.17) is 4.42 Å². The van der Waals surface area contributed by atoms with Gasteiger partial charge in [-0.05, 0) is 34.6 Å². The van der Waals surface area contributed by atoms with Crippen LogP contribution in [-0.4, -0.2) is 0 Å². The highest BCUT2D eigenvalue weighted by atomic mass is 127. The summed E-state index contributed by atoms with van der Waals surface area (Å²) in [5.41, 5.74) is 2.49. The first-order chi connectivity index (χ1) is 5.83. The molecule has 0 radical (unpaired) electrons. The molecular formula is C10H11IO. The lowest BCUT2D eigenvalue weighted by atomic mass is 10.2. The number of rotatable bonds is 3. The van der Waals surface area contributed by atoms with Crippen LogP contribution < -0.4 is 0 Å². The summed E-state index contributed by atoms with van der Waals surface area (Å²) >= 11 is 2.23. The lowest BCUT2D eigenvalue weighted by Gasteiger charge is -1.87. The third-order valence-electron chi connectivity index (χ3n) is 1.49. The van der Waals surface area contributed by atoms with E-state index in [0.29, 0.717) is 0 Å². The van der Waals surface area contributed by atoms with Gasteiger partial charge in [-0.15, -0.1) is 0 Å². The summed E-state index contributed by atoms with van der Waals surface area (Å²) < 4.78 is 7.01. The highest BCUT2D eigenvalue weighted by Crippen LogP contribution is 2.04. The summed E-state index contributed by atoms with van der Waals surface area (Å²) in [5, 5.41) is 0. The van der Waals surface area contributed by atoms with Gasteiger partial charge < -0.3 is 4.42 Å². The van der Waals surface area contributed by atoms with E-state index in [1.165, 1.54) is 11.1 Å². The molecule has 0 fully saturated rings. The van der Waals surface area contributed by atoms with Gasteiger partial charge in [0, 0.05) is 0 Å². The van der Waals surface area contributed by atoms with Gasteiger partial charge in [-0.25, -0.2) is 0 Å². The van der Waals surface area contributed by atoms with Crippen LogP contribution in [0, 0.1) is 0 Å². The minimum atomic E-state index is 0.943. The molecule has 0 bridgehead atoms. The van der Waals surface area contributed by atoms with E-state index in [0.717, 1.165) is 6.42 Å². The molecule has 0 aromatic carbocycles. The van der Waals surface area contributed by atoms with Gasteiger partial charge in [0.2, 0.25) is 0 Å². The number of allylic oxidation sites excluding steroid dienone is 3. The van der Waals surface area contributed by atoms with Gasteiger partial charge in [0.25, 0.3) is 0 Å². The van der Waals surface area contributed by atoms with Gasteiger partial charge in [0.05, 0.1) is 12.5 Å². The molecule has 0 aliphatic heterocycles. The fourth-order valence-corrected chi connectivity index (χ4v) is 1.03. The average Bonchev–Trinajstić information content (AvgIpc) is 2.57. The Hall–Kier alpha value is -0.510. The number of hydrogen-bond donors (Lipinski definition) is 0. The van der Waals surface area contributed by atoms with Crippen molar-refractivity contribution in [1.29, 1.82) is 0 Å². The van der Waals surface area contributed by atoms with Gasteiger partial charge in [0.1, 0.15) is 0 Å². The summed E-state index contributed by atoms with van der Waals surface area (Å²) in [4.78, 5) is 0. The van der Waals surface area contributed by atoms with Crippen molar-refractivity contribution in [2.24, 2.45) is 0 Å². The molecule has 0 atom stereocenters. The lowest BCUT2D eigenvalue weighted by molar-refractivity contribution is 0.565. The molecule has 1 aromatic heterocycles. The molecule has 1 rings (SSSR count). The fourth-order valence-electron chi connectivity index (χ4n) is 0.826. The smallest absolute Gasteiger partial charge is 0.0937 e. The van der Waals surface area contributed by atoms with Crippen molar-refractivity contribution < 1.29 is 4.42 Å². The summed E-state index contributed by atoms with van der Waals surface area (Å²) in [5.74, 6) is 0. The molecular weight excluding hydrogens is 263 g/mol. The van der Waals surface area contributed by atoms with Crippen LogP contribution in [0.5, 0.6) is 0 Å². The minimum Gasteiger partial charge on any atom is -0.472 e. The summed E-state index contributed by atoms with van der Waals surface area (Å²) in [6, 6.07) is 1.98. The molecule has 0 amide bonds. The zero-order valence-electron chi connectivity index (χ0n) is 6.96. The highest BCUT2D eigenvalue weighted by molar-refractivity contribution is 14.1. The van der Waals surface area contributed by atoms with Gasteiger partial charge in [-0.2, -0.15) is 0 Å². The Morgan fingerprint density at radius 1 is 1.67 bits per heavy atom. The van der Waals surface area contributed by atoms with E-state index in [9.17, 15) is 0 Å². The number of halogens is 1. The van der Waals surface area contributed by atoms with Crippen molar-refractivity contribution in [3.8, 4) is 0 Å². The zero-order chi connectivity index (χ0) is 8.81. The molecule has 0 N–H and O–H groups in total. The molecule has 0 aliphatic rings. The van der Waals surface area contributed by atoms with Gasteiger partial charge in [-0.3, -0.25) is 0 Å². The van der Waals surface area contributed by atoms with E-state index >= 15 is 0 Å². The van der Waals surface area contributed by atoms with Crippen molar-refractivity contribution in [2.75, 3.05) is 0 Å². The number of furan rings is 1. The van der Waals surface area contributed by atoms with Crippen molar-refractivity contribution in [2.45, 2.75) is 13.3 Å². The maximum absolute atomic E-state index is 4.95. The van der Waals surface area contributed by atoms with Crippen LogP contribution in [-0.2, 0) is 6.42 Å². The second kappa shape index (κ2) is 5.19. The Labute approximate surface area is 86.3 Å². The Morgan fingerprint density at radius 3 is 3.08 bits per heavy atom. The standard InChI is InChI=1S/C10H11IO/c1-9(7-11)3-2-4-10-5-6-12-8-10/h2-3,5-8H,4H2,1H3/b3-2-,9-7+. The van der Waals surface area contributed by atoms with E-state index < -0.39 is 0 Å². The minimum absolute atomic E-state index is 0.943. The first-order valence-corrected chi connectivity index (χ1v) is 5.02.